The summed E-state index contributed by atoms with van der Waals surface area (Å²) in [7, 11) is 0. The average Bonchev–Trinajstić information content (AvgIpc) is 3.29. The second-order valence-corrected chi connectivity index (χ2v) is 11.9. The molecule has 0 aromatic heterocycles. The van der Waals surface area contributed by atoms with Crippen LogP contribution < -0.4 is 0 Å². The van der Waals surface area contributed by atoms with Crippen molar-refractivity contribution in [2.45, 2.75) is 104 Å². The minimum absolute atomic E-state index is 0.0534. The van der Waals surface area contributed by atoms with Crippen LogP contribution in [-0.4, -0.2) is 60.6 Å². The van der Waals surface area contributed by atoms with Crippen LogP contribution in [0.15, 0.2) is 0 Å². The lowest BCUT2D eigenvalue weighted by Gasteiger charge is -2.64. The molecule has 5 aliphatic rings. The highest BCUT2D eigenvalue weighted by atomic mass is 16.7. The molecule has 0 amide bonds. The number of carbonyl (C=O) groups excluding carboxylic acids is 2. The number of carbonyl (C=O) groups is 2. The zero-order chi connectivity index (χ0) is 24.5. The maximum atomic E-state index is 12.6. The van der Waals surface area contributed by atoms with E-state index in [9.17, 15) is 14.7 Å². The van der Waals surface area contributed by atoms with Crippen molar-refractivity contribution in [1.29, 1.82) is 0 Å². The molecule has 10 atom stereocenters. The molecule has 2 aliphatic carbocycles. The number of epoxide rings is 1. The predicted molar refractivity (Wildman–Crippen MR) is 120 cm³/mol. The van der Waals surface area contributed by atoms with Gasteiger partial charge in [0, 0.05) is 24.7 Å². The van der Waals surface area contributed by atoms with Crippen LogP contribution in [0.4, 0.5) is 0 Å². The summed E-state index contributed by atoms with van der Waals surface area (Å²) in [5.74, 6) is -0.332. The van der Waals surface area contributed by atoms with Crippen LogP contribution >= 0.6 is 0 Å². The molecular formula is C26H40O8. The van der Waals surface area contributed by atoms with Crippen molar-refractivity contribution >= 4 is 11.9 Å². The Morgan fingerprint density at radius 3 is 2.53 bits per heavy atom. The molecule has 5 rings (SSSR count). The number of ether oxygens (including phenoxy) is 5. The molecule has 34 heavy (non-hydrogen) atoms. The molecule has 2 saturated carbocycles. The van der Waals surface area contributed by atoms with E-state index in [4.69, 9.17) is 23.7 Å². The summed E-state index contributed by atoms with van der Waals surface area (Å²) < 4.78 is 30.4. The molecule has 3 aliphatic heterocycles. The summed E-state index contributed by atoms with van der Waals surface area (Å²) in [5.41, 5.74) is -1.32. The topological polar surface area (TPSA) is 104 Å². The third-order valence-corrected chi connectivity index (χ3v) is 9.91. The maximum absolute atomic E-state index is 12.6. The summed E-state index contributed by atoms with van der Waals surface area (Å²) >= 11 is 0. The van der Waals surface area contributed by atoms with Crippen molar-refractivity contribution in [2.24, 2.45) is 34.5 Å². The van der Waals surface area contributed by atoms with E-state index in [0.717, 1.165) is 25.7 Å². The molecule has 0 bridgehead atoms. The number of hydrogen-bond donors (Lipinski definition) is 1. The summed E-state index contributed by atoms with van der Waals surface area (Å²) in [6.07, 6.45) is 3.32. The molecular weight excluding hydrogens is 440 g/mol. The summed E-state index contributed by atoms with van der Waals surface area (Å²) in [5, 5.41) is 9.92. The standard InChI is InChI=1S/C26H40O8/c1-14(2)22(29)30-13-26-18(7-6-8-25(26)12-31-25)24(5,15(3)9-20(26)32-16(4)27)19-10-17-11-21(28)34-23(17)33-19/h14-15,17-21,23,28H,6-13H2,1-5H3/t15-,17+,18-,19+,20+,21+,23-,24+,25+,26+/m1/s1. The molecule has 8 nitrogen and oxygen atoms in total. The third kappa shape index (κ3) is 3.54. The van der Waals surface area contributed by atoms with Gasteiger partial charge in [0.1, 0.15) is 18.3 Å². The SMILES string of the molecule is CC(=O)O[C@H]1C[C@@H](C)[C@](C)([C@@H]2C[C@H]3C[C@@H](O)O[C@H]3O2)[C@H]2CCC[C@]3(CO3)[C@]12COC(=O)C(C)C. The Balaban J connectivity index is 1.54. The van der Waals surface area contributed by atoms with Crippen LogP contribution in [0.2, 0.25) is 0 Å². The third-order valence-electron chi connectivity index (χ3n) is 9.91. The van der Waals surface area contributed by atoms with E-state index in [0.29, 0.717) is 19.4 Å². The van der Waals surface area contributed by atoms with E-state index in [2.05, 4.69) is 13.8 Å². The lowest BCUT2D eigenvalue weighted by Crippen LogP contribution is -2.69. The Morgan fingerprint density at radius 2 is 1.91 bits per heavy atom. The lowest BCUT2D eigenvalue weighted by molar-refractivity contribution is -0.264. The van der Waals surface area contributed by atoms with Crippen molar-refractivity contribution in [3.8, 4) is 0 Å². The van der Waals surface area contributed by atoms with Crippen LogP contribution in [0.5, 0.6) is 0 Å². The van der Waals surface area contributed by atoms with Crippen LogP contribution in [0.3, 0.4) is 0 Å². The number of hydrogen-bond acceptors (Lipinski definition) is 8. The molecule has 3 saturated heterocycles. The molecule has 5 fully saturated rings. The quantitative estimate of drug-likeness (QED) is 0.473. The second-order valence-electron chi connectivity index (χ2n) is 11.9. The van der Waals surface area contributed by atoms with Gasteiger partial charge in [-0.3, -0.25) is 9.59 Å². The minimum Gasteiger partial charge on any atom is -0.465 e. The Hall–Kier alpha value is -1.22. The van der Waals surface area contributed by atoms with Gasteiger partial charge in [0.2, 0.25) is 0 Å². The van der Waals surface area contributed by atoms with Crippen LogP contribution in [0, 0.1) is 34.5 Å². The van der Waals surface area contributed by atoms with Crippen molar-refractivity contribution in [3.63, 3.8) is 0 Å². The first-order chi connectivity index (χ1) is 16.0. The van der Waals surface area contributed by atoms with E-state index in [1.54, 1.807) is 0 Å². The summed E-state index contributed by atoms with van der Waals surface area (Å²) in [4.78, 5) is 24.9. The molecule has 0 aromatic carbocycles. The van der Waals surface area contributed by atoms with Gasteiger partial charge >= 0.3 is 11.9 Å². The fraction of sp³-hybridized carbons (Fsp3) is 0.923. The Labute approximate surface area is 202 Å². The monoisotopic (exact) mass is 480 g/mol. The van der Waals surface area contributed by atoms with Crippen LogP contribution in [-0.2, 0) is 33.3 Å². The fourth-order valence-corrected chi connectivity index (χ4v) is 7.92. The molecule has 3 heterocycles. The molecule has 1 spiro atoms. The zero-order valence-electron chi connectivity index (χ0n) is 21.1. The van der Waals surface area contributed by atoms with Gasteiger partial charge in [-0.25, -0.2) is 0 Å². The molecule has 8 heteroatoms. The Bertz CT molecular complexity index is 810. The predicted octanol–water partition coefficient (Wildman–Crippen LogP) is 3.19. The van der Waals surface area contributed by atoms with Gasteiger partial charge in [-0.15, -0.1) is 0 Å². The number of aliphatic hydroxyl groups excluding tert-OH is 1. The van der Waals surface area contributed by atoms with Gasteiger partial charge < -0.3 is 28.8 Å². The number of fused-ring (bicyclic) bond motifs is 3. The van der Waals surface area contributed by atoms with E-state index >= 15 is 0 Å². The van der Waals surface area contributed by atoms with Crippen molar-refractivity contribution < 1.29 is 38.4 Å². The molecule has 1 N–H and O–H groups in total. The molecule has 0 aromatic rings. The maximum Gasteiger partial charge on any atom is 0.308 e. The van der Waals surface area contributed by atoms with Gasteiger partial charge in [0.05, 0.1) is 24.0 Å². The smallest absolute Gasteiger partial charge is 0.308 e. The van der Waals surface area contributed by atoms with Gasteiger partial charge in [-0.05, 0) is 37.5 Å². The van der Waals surface area contributed by atoms with E-state index < -0.39 is 17.3 Å². The Morgan fingerprint density at radius 1 is 1.18 bits per heavy atom. The minimum atomic E-state index is -0.756. The molecule has 0 unspecified atom stereocenters. The first-order valence-electron chi connectivity index (χ1n) is 13.0. The highest BCUT2D eigenvalue weighted by Gasteiger charge is 2.76. The second kappa shape index (κ2) is 8.43. The highest BCUT2D eigenvalue weighted by molar-refractivity contribution is 5.71. The van der Waals surface area contributed by atoms with E-state index in [-0.39, 0.29) is 66.1 Å². The number of rotatable bonds is 5. The normalized spacial score (nSPS) is 49.6. The van der Waals surface area contributed by atoms with Crippen molar-refractivity contribution in [2.75, 3.05) is 13.2 Å². The average molecular weight is 481 g/mol. The van der Waals surface area contributed by atoms with Gasteiger partial charge in [-0.2, -0.15) is 0 Å². The van der Waals surface area contributed by atoms with Crippen molar-refractivity contribution in [3.05, 3.63) is 0 Å². The summed E-state index contributed by atoms with van der Waals surface area (Å²) in [6, 6.07) is 0. The van der Waals surface area contributed by atoms with Gasteiger partial charge in [0.15, 0.2) is 12.6 Å². The highest BCUT2D eigenvalue weighted by Crippen LogP contribution is 2.70. The first-order valence-corrected chi connectivity index (χ1v) is 13.0. The van der Waals surface area contributed by atoms with Gasteiger partial charge in [0.25, 0.3) is 0 Å². The number of aliphatic hydroxyl groups is 1. The molecule has 192 valence electrons. The molecule has 0 radical (unpaired) electrons. The lowest BCUT2D eigenvalue weighted by atomic mass is 9.42. The largest absolute Gasteiger partial charge is 0.465 e. The van der Waals surface area contributed by atoms with Crippen LogP contribution in [0.25, 0.3) is 0 Å². The zero-order valence-corrected chi connectivity index (χ0v) is 21.1. The van der Waals surface area contributed by atoms with Crippen molar-refractivity contribution in [1.82, 2.24) is 0 Å². The fourth-order valence-electron chi connectivity index (χ4n) is 7.92. The summed E-state index contributed by atoms with van der Waals surface area (Å²) in [6.45, 7) is 10.4. The Kier molecular flexibility index (Phi) is 6.06. The van der Waals surface area contributed by atoms with E-state index in [1.807, 2.05) is 13.8 Å². The number of esters is 2. The van der Waals surface area contributed by atoms with E-state index in [1.165, 1.54) is 6.92 Å². The first kappa shape index (κ1) is 24.5. The van der Waals surface area contributed by atoms with Gasteiger partial charge in [-0.1, -0.05) is 34.1 Å². The van der Waals surface area contributed by atoms with Crippen LogP contribution in [0.1, 0.15) is 73.1 Å².